The van der Waals surface area contributed by atoms with Crippen LogP contribution in [0.5, 0.6) is 0 Å². The zero-order chi connectivity index (χ0) is 16.0. The van der Waals surface area contributed by atoms with E-state index in [-0.39, 0.29) is 18.9 Å². The van der Waals surface area contributed by atoms with Crippen LogP contribution in [-0.4, -0.2) is 40.6 Å². The normalized spacial score (nSPS) is 21.9. The lowest BCUT2D eigenvalue weighted by molar-refractivity contribution is -0.139. The fourth-order valence-corrected chi connectivity index (χ4v) is 3.38. The van der Waals surface area contributed by atoms with Gasteiger partial charge in [0, 0.05) is 17.7 Å². The molecule has 21 heavy (non-hydrogen) atoms. The Morgan fingerprint density at radius 1 is 1.24 bits per heavy atom. The molecule has 120 valence electrons. The van der Waals surface area contributed by atoms with Crippen molar-refractivity contribution in [3.63, 3.8) is 0 Å². The molecule has 0 heterocycles. The van der Waals surface area contributed by atoms with Crippen molar-refractivity contribution in [2.24, 2.45) is 5.41 Å². The van der Waals surface area contributed by atoms with Gasteiger partial charge in [0.2, 0.25) is 5.91 Å². The molecular weight excluding hydrogens is 292 g/mol. The predicted octanol–water partition coefficient (Wildman–Crippen LogP) is 1.99. The summed E-state index contributed by atoms with van der Waals surface area (Å²) >= 11 is 1.80. The highest BCUT2D eigenvalue weighted by Crippen LogP contribution is 2.28. The molecule has 0 aliphatic heterocycles. The van der Waals surface area contributed by atoms with Gasteiger partial charge in [0.1, 0.15) is 0 Å². The zero-order valence-corrected chi connectivity index (χ0v) is 13.6. The van der Waals surface area contributed by atoms with Gasteiger partial charge in [-0.1, -0.05) is 13.8 Å². The number of thioether (sulfide) groups is 1. The van der Waals surface area contributed by atoms with Crippen molar-refractivity contribution in [1.29, 1.82) is 0 Å². The largest absolute Gasteiger partial charge is 0.481 e. The third-order valence-electron chi connectivity index (χ3n) is 3.57. The van der Waals surface area contributed by atoms with Crippen LogP contribution >= 0.6 is 11.8 Å². The highest BCUT2D eigenvalue weighted by Gasteiger charge is 2.28. The van der Waals surface area contributed by atoms with Gasteiger partial charge >= 0.3 is 12.0 Å². The number of carbonyl (C=O) groups is 3. The summed E-state index contributed by atoms with van der Waals surface area (Å²) in [6.07, 6.45) is 4.88. The molecule has 0 radical (unpaired) electrons. The molecule has 0 bridgehead atoms. The molecule has 2 unspecified atom stereocenters. The first-order valence-corrected chi connectivity index (χ1v) is 8.35. The minimum atomic E-state index is -0.952. The van der Waals surface area contributed by atoms with Crippen molar-refractivity contribution >= 4 is 29.7 Å². The lowest BCUT2D eigenvalue weighted by atomic mass is 9.85. The minimum Gasteiger partial charge on any atom is -0.481 e. The summed E-state index contributed by atoms with van der Waals surface area (Å²) in [5, 5.41) is 14.4. The van der Waals surface area contributed by atoms with E-state index >= 15 is 0 Å². The number of carbonyl (C=O) groups excluding carboxylic acids is 2. The number of carboxylic acid groups (broad SMARTS) is 1. The number of hydrogen-bond acceptors (Lipinski definition) is 4. The van der Waals surface area contributed by atoms with Gasteiger partial charge in [0.05, 0.1) is 6.42 Å². The summed E-state index contributed by atoms with van der Waals surface area (Å²) in [7, 11) is 0. The Morgan fingerprint density at radius 3 is 2.43 bits per heavy atom. The van der Waals surface area contributed by atoms with E-state index in [1.807, 2.05) is 0 Å². The van der Waals surface area contributed by atoms with Crippen molar-refractivity contribution in [1.82, 2.24) is 10.6 Å². The molecule has 0 aromatic rings. The van der Waals surface area contributed by atoms with E-state index in [4.69, 9.17) is 5.11 Å². The third kappa shape index (κ3) is 6.84. The zero-order valence-electron chi connectivity index (χ0n) is 12.8. The molecule has 3 amide bonds. The third-order valence-corrected chi connectivity index (χ3v) is 4.67. The first-order valence-electron chi connectivity index (χ1n) is 7.07. The molecule has 2 atom stereocenters. The quantitative estimate of drug-likeness (QED) is 0.696. The average Bonchev–Trinajstić information content (AvgIpc) is 2.73. The number of nitrogens with one attached hydrogen (secondary N) is 2. The smallest absolute Gasteiger partial charge is 0.321 e. The second-order valence-corrected chi connectivity index (χ2v) is 7.44. The Labute approximate surface area is 129 Å². The number of urea groups is 1. The SMILES string of the molecule is CSC1CCC(NC(=O)NC(=O)CC(C)(C)CC(=O)O)C1. The van der Waals surface area contributed by atoms with Gasteiger partial charge in [-0.3, -0.25) is 14.9 Å². The van der Waals surface area contributed by atoms with E-state index in [2.05, 4.69) is 16.9 Å². The number of rotatable bonds is 6. The highest BCUT2D eigenvalue weighted by molar-refractivity contribution is 7.99. The van der Waals surface area contributed by atoms with Gasteiger partial charge in [-0.2, -0.15) is 11.8 Å². The summed E-state index contributed by atoms with van der Waals surface area (Å²) in [6, 6.07) is -0.375. The molecule has 3 N–H and O–H groups in total. The van der Waals surface area contributed by atoms with Crippen molar-refractivity contribution in [3.05, 3.63) is 0 Å². The molecule has 1 fully saturated rings. The monoisotopic (exact) mass is 316 g/mol. The van der Waals surface area contributed by atoms with E-state index in [1.165, 1.54) is 0 Å². The first-order chi connectivity index (χ1) is 9.71. The average molecular weight is 316 g/mol. The molecule has 7 heteroatoms. The number of imide groups is 1. The summed E-state index contributed by atoms with van der Waals surface area (Å²) in [6.45, 7) is 3.39. The first kappa shape index (κ1) is 17.8. The molecule has 0 aromatic heterocycles. The molecule has 0 spiro atoms. The minimum absolute atomic E-state index is 0.00479. The van der Waals surface area contributed by atoms with Crippen LogP contribution in [-0.2, 0) is 9.59 Å². The number of aliphatic carboxylic acids is 1. The van der Waals surface area contributed by atoms with Crippen LogP contribution in [0, 0.1) is 5.41 Å². The molecule has 0 saturated heterocycles. The van der Waals surface area contributed by atoms with Gasteiger partial charge in [-0.15, -0.1) is 0 Å². The second-order valence-electron chi connectivity index (χ2n) is 6.30. The number of hydrogen-bond donors (Lipinski definition) is 3. The standard InChI is InChI=1S/C14H24N2O4S/c1-14(2,8-12(18)19)7-11(17)16-13(20)15-9-4-5-10(6-9)21-3/h9-10H,4-8H2,1-3H3,(H,18,19)(H2,15,16,17,20). The van der Waals surface area contributed by atoms with E-state index in [0.29, 0.717) is 5.25 Å². The van der Waals surface area contributed by atoms with Crippen LogP contribution in [0.2, 0.25) is 0 Å². The molecule has 1 aliphatic rings. The van der Waals surface area contributed by atoms with Gasteiger partial charge < -0.3 is 10.4 Å². The fourth-order valence-electron chi connectivity index (χ4n) is 2.58. The Bertz CT molecular complexity index is 412. The van der Waals surface area contributed by atoms with Crippen LogP contribution in [0.1, 0.15) is 46.0 Å². The van der Waals surface area contributed by atoms with Gasteiger partial charge in [-0.05, 0) is 30.9 Å². The number of carboxylic acids is 1. The van der Waals surface area contributed by atoms with E-state index in [0.717, 1.165) is 19.3 Å². The molecular formula is C14H24N2O4S. The predicted molar refractivity (Wildman–Crippen MR) is 82.3 cm³/mol. The Morgan fingerprint density at radius 2 is 1.90 bits per heavy atom. The van der Waals surface area contributed by atoms with Crippen molar-refractivity contribution in [3.8, 4) is 0 Å². The van der Waals surface area contributed by atoms with Crippen LogP contribution in [0.15, 0.2) is 0 Å². The van der Waals surface area contributed by atoms with Crippen LogP contribution in [0.3, 0.4) is 0 Å². The topological polar surface area (TPSA) is 95.5 Å². The Hall–Kier alpha value is -1.24. The maximum Gasteiger partial charge on any atom is 0.321 e. The fraction of sp³-hybridized carbons (Fsp3) is 0.786. The van der Waals surface area contributed by atoms with Crippen LogP contribution in [0.4, 0.5) is 4.79 Å². The Balaban J connectivity index is 2.34. The molecule has 1 aliphatic carbocycles. The van der Waals surface area contributed by atoms with E-state index < -0.39 is 23.3 Å². The van der Waals surface area contributed by atoms with E-state index in [9.17, 15) is 14.4 Å². The van der Waals surface area contributed by atoms with Crippen molar-refractivity contribution in [2.75, 3.05) is 6.26 Å². The molecule has 1 saturated carbocycles. The Kier molecular flexibility index (Phi) is 6.51. The highest BCUT2D eigenvalue weighted by atomic mass is 32.2. The summed E-state index contributed by atoms with van der Waals surface area (Å²) in [4.78, 5) is 34.2. The van der Waals surface area contributed by atoms with E-state index in [1.54, 1.807) is 25.6 Å². The summed E-state index contributed by atoms with van der Waals surface area (Å²) < 4.78 is 0. The maximum absolute atomic E-state index is 11.8. The maximum atomic E-state index is 11.8. The molecule has 0 aromatic carbocycles. The van der Waals surface area contributed by atoms with Gasteiger partial charge in [0.25, 0.3) is 0 Å². The van der Waals surface area contributed by atoms with Crippen molar-refractivity contribution < 1.29 is 19.5 Å². The lowest BCUT2D eigenvalue weighted by Gasteiger charge is -2.21. The lowest BCUT2D eigenvalue weighted by Crippen LogP contribution is -2.44. The van der Waals surface area contributed by atoms with Crippen LogP contribution in [0.25, 0.3) is 0 Å². The van der Waals surface area contributed by atoms with Crippen molar-refractivity contribution in [2.45, 2.75) is 57.2 Å². The van der Waals surface area contributed by atoms with Crippen LogP contribution < -0.4 is 10.6 Å². The van der Waals surface area contributed by atoms with Gasteiger partial charge in [-0.25, -0.2) is 4.79 Å². The van der Waals surface area contributed by atoms with Gasteiger partial charge in [0.15, 0.2) is 0 Å². The molecule has 6 nitrogen and oxygen atoms in total. The summed E-state index contributed by atoms with van der Waals surface area (Å²) in [5.74, 6) is -1.40. The second kappa shape index (κ2) is 7.68. The molecule has 1 rings (SSSR count). The summed E-state index contributed by atoms with van der Waals surface area (Å²) in [5.41, 5.74) is -0.673. The number of amides is 3.